The van der Waals surface area contributed by atoms with Crippen LogP contribution in [0.3, 0.4) is 0 Å². The Morgan fingerprint density at radius 3 is 2.33 bits per heavy atom. The maximum absolute atomic E-state index is 12.7. The number of para-hydroxylation sites is 2. The van der Waals surface area contributed by atoms with E-state index in [-0.39, 0.29) is 16.9 Å². The average molecular weight is 388 g/mol. The van der Waals surface area contributed by atoms with E-state index in [9.17, 15) is 13.2 Å². The van der Waals surface area contributed by atoms with Gasteiger partial charge in [-0.2, -0.15) is 0 Å². The van der Waals surface area contributed by atoms with Gasteiger partial charge in [-0.3, -0.25) is 9.52 Å². The Labute approximate surface area is 160 Å². The first-order valence-corrected chi connectivity index (χ1v) is 10.5. The first-order chi connectivity index (χ1) is 12.9. The number of hydrogen-bond acceptors (Lipinski definition) is 4. The van der Waals surface area contributed by atoms with Gasteiger partial charge < -0.3 is 9.64 Å². The van der Waals surface area contributed by atoms with Crippen molar-refractivity contribution in [3.8, 4) is 5.75 Å². The summed E-state index contributed by atoms with van der Waals surface area (Å²) in [7, 11) is -2.18. The van der Waals surface area contributed by atoms with Crippen molar-refractivity contribution in [2.45, 2.75) is 43.6 Å². The Bertz CT molecular complexity index is 904. The largest absolute Gasteiger partial charge is 0.490 e. The first kappa shape index (κ1) is 19.2. The maximum Gasteiger partial charge on any atom is 0.261 e. The molecule has 0 unspecified atom stereocenters. The van der Waals surface area contributed by atoms with Crippen molar-refractivity contribution in [2.75, 3.05) is 16.7 Å². The van der Waals surface area contributed by atoms with Crippen molar-refractivity contribution in [2.24, 2.45) is 0 Å². The highest BCUT2D eigenvalue weighted by molar-refractivity contribution is 7.92. The number of benzene rings is 2. The number of sulfonamides is 1. The zero-order valence-corrected chi connectivity index (χ0v) is 16.3. The molecule has 0 aromatic heterocycles. The Balaban J connectivity index is 1.78. The lowest BCUT2D eigenvalue weighted by molar-refractivity contribution is -0.116. The van der Waals surface area contributed by atoms with Gasteiger partial charge in [0.25, 0.3) is 10.0 Å². The molecule has 1 fully saturated rings. The highest BCUT2D eigenvalue weighted by atomic mass is 32.2. The van der Waals surface area contributed by atoms with Gasteiger partial charge >= 0.3 is 0 Å². The Morgan fingerprint density at radius 2 is 1.70 bits per heavy atom. The molecular weight excluding hydrogens is 364 g/mol. The Morgan fingerprint density at radius 1 is 1.07 bits per heavy atom. The third kappa shape index (κ3) is 4.60. The molecule has 0 saturated heterocycles. The van der Waals surface area contributed by atoms with Gasteiger partial charge in [0.2, 0.25) is 5.91 Å². The fourth-order valence-corrected chi connectivity index (χ4v) is 4.20. The number of nitrogens with one attached hydrogen (secondary N) is 1. The van der Waals surface area contributed by atoms with Crippen LogP contribution >= 0.6 is 0 Å². The van der Waals surface area contributed by atoms with Crippen LogP contribution in [0, 0.1) is 0 Å². The lowest BCUT2D eigenvalue weighted by atomic mass is 10.2. The van der Waals surface area contributed by atoms with E-state index < -0.39 is 10.0 Å². The van der Waals surface area contributed by atoms with Crippen LogP contribution < -0.4 is 14.4 Å². The van der Waals surface area contributed by atoms with Crippen LogP contribution in [0.1, 0.15) is 32.6 Å². The molecule has 27 heavy (non-hydrogen) atoms. The van der Waals surface area contributed by atoms with E-state index in [0.717, 1.165) is 12.8 Å². The third-order valence-electron chi connectivity index (χ3n) is 4.72. The van der Waals surface area contributed by atoms with E-state index in [4.69, 9.17) is 4.74 Å². The summed E-state index contributed by atoms with van der Waals surface area (Å²) in [5, 5.41) is 0. The van der Waals surface area contributed by atoms with Crippen LogP contribution in [0.5, 0.6) is 5.75 Å². The standard InChI is InChI=1S/C20H24N2O4S/c1-15(23)22(2)20-10-6-5-9-19(20)21-27(24,25)18-13-11-17(12-14-18)26-16-7-3-4-8-16/h5-6,9-14,16,21H,3-4,7-8H2,1-2H3. The number of rotatable bonds is 6. The lowest BCUT2D eigenvalue weighted by Crippen LogP contribution is -2.25. The summed E-state index contributed by atoms with van der Waals surface area (Å²) < 4.78 is 33.9. The molecular formula is C20H24N2O4S. The number of carbonyl (C=O) groups excluding carboxylic acids is 1. The topological polar surface area (TPSA) is 75.7 Å². The minimum Gasteiger partial charge on any atom is -0.490 e. The summed E-state index contributed by atoms with van der Waals surface area (Å²) in [6.45, 7) is 1.42. The Kier molecular flexibility index (Phi) is 5.70. The highest BCUT2D eigenvalue weighted by Gasteiger charge is 2.20. The van der Waals surface area contributed by atoms with E-state index in [2.05, 4.69) is 4.72 Å². The Hall–Kier alpha value is -2.54. The third-order valence-corrected chi connectivity index (χ3v) is 6.10. The number of nitrogens with zero attached hydrogens (tertiary/aromatic N) is 1. The summed E-state index contributed by atoms with van der Waals surface area (Å²) in [6, 6.07) is 13.2. The molecule has 1 N–H and O–H groups in total. The number of carbonyl (C=O) groups is 1. The second kappa shape index (κ2) is 8.00. The van der Waals surface area contributed by atoms with E-state index in [0.29, 0.717) is 17.1 Å². The number of hydrogen-bond donors (Lipinski definition) is 1. The molecule has 1 saturated carbocycles. The average Bonchev–Trinajstić information content (AvgIpc) is 3.14. The summed E-state index contributed by atoms with van der Waals surface area (Å²) in [5.41, 5.74) is 0.844. The molecule has 6 nitrogen and oxygen atoms in total. The van der Waals surface area contributed by atoms with Crippen molar-refractivity contribution < 1.29 is 17.9 Å². The summed E-state index contributed by atoms with van der Waals surface area (Å²) in [5.74, 6) is 0.493. The zero-order chi connectivity index (χ0) is 19.4. The predicted molar refractivity (Wildman–Crippen MR) is 106 cm³/mol. The number of amides is 1. The fourth-order valence-electron chi connectivity index (χ4n) is 3.12. The lowest BCUT2D eigenvalue weighted by Gasteiger charge is -2.20. The van der Waals surface area contributed by atoms with E-state index in [1.165, 1.54) is 36.8 Å². The normalized spacial score (nSPS) is 14.7. The second-order valence-corrected chi connectivity index (χ2v) is 8.38. The van der Waals surface area contributed by atoms with Crippen molar-refractivity contribution in [1.82, 2.24) is 0 Å². The summed E-state index contributed by atoms with van der Waals surface area (Å²) in [4.78, 5) is 13.2. The van der Waals surface area contributed by atoms with E-state index in [1.54, 1.807) is 43.4 Å². The minimum absolute atomic E-state index is 0.140. The molecule has 1 aliphatic carbocycles. The molecule has 7 heteroatoms. The van der Waals surface area contributed by atoms with Gasteiger partial charge in [-0.05, 0) is 62.1 Å². The van der Waals surface area contributed by atoms with Gasteiger partial charge in [-0.1, -0.05) is 12.1 Å². The van der Waals surface area contributed by atoms with Crippen molar-refractivity contribution in [3.63, 3.8) is 0 Å². The molecule has 0 aliphatic heterocycles. The molecule has 144 valence electrons. The smallest absolute Gasteiger partial charge is 0.261 e. The van der Waals surface area contributed by atoms with Gasteiger partial charge in [-0.15, -0.1) is 0 Å². The molecule has 2 aromatic rings. The van der Waals surface area contributed by atoms with Gasteiger partial charge in [-0.25, -0.2) is 8.42 Å². The van der Waals surface area contributed by atoms with Crippen molar-refractivity contribution in [3.05, 3.63) is 48.5 Å². The summed E-state index contributed by atoms with van der Waals surface area (Å²) in [6.07, 6.45) is 4.66. The molecule has 0 atom stereocenters. The van der Waals surface area contributed by atoms with E-state index >= 15 is 0 Å². The maximum atomic E-state index is 12.7. The molecule has 0 radical (unpaired) electrons. The highest BCUT2D eigenvalue weighted by Crippen LogP contribution is 2.29. The van der Waals surface area contributed by atoms with E-state index in [1.807, 2.05) is 0 Å². The predicted octanol–water partition coefficient (Wildman–Crippen LogP) is 3.79. The molecule has 1 amide bonds. The van der Waals surface area contributed by atoms with Crippen LogP contribution in [-0.4, -0.2) is 27.5 Å². The second-order valence-electron chi connectivity index (χ2n) is 6.70. The summed E-state index contributed by atoms with van der Waals surface area (Å²) >= 11 is 0. The minimum atomic E-state index is -3.78. The SMILES string of the molecule is CC(=O)N(C)c1ccccc1NS(=O)(=O)c1ccc(OC2CCCC2)cc1. The molecule has 2 aromatic carbocycles. The van der Waals surface area contributed by atoms with Crippen LogP contribution in [-0.2, 0) is 14.8 Å². The van der Waals surface area contributed by atoms with Crippen molar-refractivity contribution >= 4 is 27.3 Å². The van der Waals surface area contributed by atoms with Crippen LogP contribution in [0.25, 0.3) is 0 Å². The molecule has 0 spiro atoms. The molecule has 3 rings (SSSR count). The molecule has 1 aliphatic rings. The zero-order valence-electron chi connectivity index (χ0n) is 15.5. The van der Waals surface area contributed by atoms with Crippen molar-refractivity contribution in [1.29, 1.82) is 0 Å². The quantitative estimate of drug-likeness (QED) is 0.817. The van der Waals surface area contributed by atoms with Gasteiger partial charge in [0.05, 0.1) is 22.4 Å². The van der Waals surface area contributed by atoms with Gasteiger partial charge in [0.15, 0.2) is 0 Å². The van der Waals surface area contributed by atoms with Gasteiger partial charge in [0, 0.05) is 14.0 Å². The van der Waals surface area contributed by atoms with Crippen LogP contribution in [0.2, 0.25) is 0 Å². The first-order valence-electron chi connectivity index (χ1n) is 9.00. The number of ether oxygens (including phenoxy) is 1. The van der Waals surface area contributed by atoms with Crippen LogP contribution in [0.15, 0.2) is 53.4 Å². The van der Waals surface area contributed by atoms with Crippen LogP contribution in [0.4, 0.5) is 11.4 Å². The molecule has 0 bridgehead atoms. The monoisotopic (exact) mass is 388 g/mol. The molecule has 0 heterocycles. The number of anilines is 2. The fraction of sp³-hybridized carbons (Fsp3) is 0.350. The van der Waals surface area contributed by atoms with Gasteiger partial charge in [0.1, 0.15) is 5.75 Å².